The van der Waals surface area contributed by atoms with Crippen LogP contribution in [0.15, 0.2) is 36.4 Å². The van der Waals surface area contributed by atoms with Crippen LogP contribution in [0.2, 0.25) is 0 Å². The van der Waals surface area contributed by atoms with Crippen molar-refractivity contribution in [3.8, 4) is 0 Å². The molecule has 1 atom stereocenters. The van der Waals surface area contributed by atoms with Gasteiger partial charge in [-0.25, -0.2) is 13.6 Å². The van der Waals surface area contributed by atoms with Gasteiger partial charge in [-0.1, -0.05) is 0 Å². The minimum Gasteiger partial charge on any atom is -0.464 e. The van der Waals surface area contributed by atoms with Gasteiger partial charge in [0.25, 0.3) is 11.8 Å². The van der Waals surface area contributed by atoms with E-state index >= 15 is 0 Å². The van der Waals surface area contributed by atoms with Crippen molar-refractivity contribution in [1.29, 1.82) is 0 Å². The van der Waals surface area contributed by atoms with Gasteiger partial charge >= 0.3 is 11.9 Å². The van der Waals surface area contributed by atoms with E-state index in [0.717, 1.165) is 12.1 Å². The number of nitrogens with one attached hydrogen (secondary N) is 2. The van der Waals surface area contributed by atoms with E-state index in [9.17, 15) is 31.9 Å². The maximum absolute atomic E-state index is 14.6. The molecular weight excluding hydrogens is 408 g/mol. The number of anilines is 1. The van der Waals surface area contributed by atoms with Crippen LogP contribution >= 0.6 is 0 Å². The van der Waals surface area contributed by atoms with Crippen LogP contribution in [0.4, 0.5) is 23.2 Å². The van der Waals surface area contributed by atoms with Crippen LogP contribution in [0, 0.1) is 18.6 Å². The SMILES string of the molecule is Cc1cc(NC(=O)c2ccc(F)c(C(F)(F)C(=O)N[C@@H]3CCOC3=O)c2)ccc1F. The van der Waals surface area contributed by atoms with Crippen LogP contribution in [-0.4, -0.2) is 30.4 Å². The Bertz CT molecular complexity index is 1030. The van der Waals surface area contributed by atoms with Gasteiger partial charge in [-0.15, -0.1) is 0 Å². The first kappa shape index (κ1) is 21.3. The van der Waals surface area contributed by atoms with E-state index in [-0.39, 0.29) is 29.8 Å². The zero-order chi connectivity index (χ0) is 22.1. The molecule has 1 aliphatic heterocycles. The maximum atomic E-state index is 14.6. The van der Waals surface area contributed by atoms with E-state index < -0.39 is 46.9 Å². The fraction of sp³-hybridized carbons (Fsp3) is 0.250. The van der Waals surface area contributed by atoms with Gasteiger partial charge in [0, 0.05) is 17.7 Å². The molecule has 1 heterocycles. The molecule has 1 aliphatic rings. The van der Waals surface area contributed by atoms with Crippen molar-refractivity contribution in [3.05, 3.63) is 64.7 Å². The molecule has 10 heteroatoms. The van der Waals surface area contributed by atoms with Gasteiger partial charge in [0.1, 0.15) is 17.7 Å². The highest BCUT2D eigenvalue weighted by Crippen LogP contribution is 2.32. The number of carbonyl (C=O) groups excluding carboxylic acids is 3. The molecule has 0 bridgehead atoms. The summed E-state index contributed by atoms with van der Waals surface area (Å²) in [6, 6.07) is 4.62. The van der Waals surface area contributed by atoms with Gasteiger partial charge in [0.15, 0.2) is 0 Å². The molecule has 0 spiro atoms. The first-order valence-corrected chi connectivity index (χ1v) is 8.82. The number of halogens is 4. The highest BCUT2D eigenvalue weighted by atomic mass is 19.3. The van der Waals surface area contributed by atoms with Gasteiger partial charge in [0.05, 0.1) is 12.2 Å². The van der Waals surface area contributed by atoms with Crippen molar-refractivity contribution >= 4 is 23.5 Å². The molecule has 2 amide bonds. The monoisotopic (exact) mass is 424 g/mol. The van der Waals surface area contributed by atoms with Crippen molar-refractivity contribution in [2.75, 3.05) is 11.9 Å². The van der Waals surface area contributed by atoms with Gasteiger partial charge in [-0.05, 0) is 48.9 Å². The molecule has 6 nitrogen and oxygen atoms in total. The Morgan fingerprint density at radius 3 is 2.43 bits per heavy atom. The fourth-order valence-corrected chi connectivity index (χ4v) is 2.83. The standard InChI is InChI=1S/C20H16F4N2O4/c1-10-8-12(3-5-14(10)21)25-17(27)11-2-4-15(22)13(9-11)20(23,24)19(29)26-16-6-7-30-18(16)28/h2-5,8-9,16H,6-7H2,1H3,(H,25,27)(H,26,29)/t16-/m1/s1. The largest absolute Gasteiger partial charge is 0.464 e. The maximum Gasteiger partial charge on any atom is 0.352 e. The summed E-state index contributed by atoms with van der Waals surface area (Å²) in [4.78, 5) is 35.7. The molecule has 2 N–H and O–H groups in total. The van der Waals surface area contributed by atoms with Crippen molar-refractivity contribution in [3.63, 3.8) is 0 Å². The molecule has 158 valence electrons. The van der Waals surface area contributed by atoms with E-state index in [1.54, 1.807) is 0 Å². The molecule has 0 aromatic heterocycles. The first-order valence-electron chi connectivity index (χ1n) is 8.82. The average Bonchev–Trinajstić information content (AvgIpc) is 3.09. The average molecular weight is 424 g/mol. The number of alkyl halides is 2. The lowest BCUT2D eigenvalue weighted by Gasteiger charge is -2.19. The van der Waals surface area contributed by atoms with Crippen LogP contribution in [-0.2, 0) is 20.2 Å². The normalized spacial score (nSPS) is 16.2. The van der Waals surface area contributed by atoms with Gasteiger partial charge in [-0.2, -0.15) is 8.78 Å². The Labute approximate surface area is 168 Å². The number of benzene rings is 2. The quantitative estimate of drug-likeness (QED) is 0.571. The van der Waals surface area contributed by atoms with Crippen molar-refractivity contribution < 1.29 is 36.7 Å². The molecule has 3 rings (SSSR count). The lowest BCUT2D eigenvalue weighted by molar-refractivity contribution is -0.151. The number of amides is 2. The van der Waals surface area contributed by atoms with E-state index in [2.05, 4.69) is 10.1 Å². The molecule has 0 aliphatic carbocycles. The van der Waals surface area contributed by atoms with Crippen molar-refractivity contribution in [1.82, 2.24) is 5.32 Å². The minimum atomic E-state index is -4.35. The third-order valence-electron chi connectivity index (χ3n) is 4.51. The van der Waals surface area contributed by atoms with Crippen LogP contribution in [0.25, 0.3) is 0 Å². The Morgan fingerprint density at radius 2 is 1.80 bits per heavy atom. The summed E-state index contributed by atoms with van der Waals surface area (Å²) in [5.41, 5.74) is -1.22. The highest BCUT2D eigenvalue weighted by Gasteiger charge is 2.45. The van der Waals surface area contributed by atoms with Crippen LogP contribution in [0.3, 0.4) is 0 Å². The van der Waals surface area contributed by atoms with E-state index in [1.165, 1.54) is 19.1 Å². The molecular formula is C20H16F4N2O4. The highest BCUT2D eigenvalue weighted by molar-refractivity contribution is 6.04. The summed E-state index contributed by atoms with van der Waals surface area (Å²) in [6.45, 7) is 1.45. The first-order chi connectivity index (χ1) is 14.1. The van der Waals surface area contributed by atoms with E-state index in [0.29, 0.717) is 12.1 Å². The molecule has 0 saturated carbocycles. The summed E-state index contributed by atoms with van der Waals surface area (Å²) in [5.74, 6) is -9.86. The van der Waals surface area contributed by atoms with Crippen LogP contribution in [0.5, 0.6) is 0 Å². The lowest BCUT2D eigenvalue weighted by atomic mass is 10.0. The summed E-state index contributed by atoms with van der Waals surface area (Å²) in [5, 5.41) is 4.21. The zero-order valence-corrected chi connectivity index (χ0v) is 15.6. The number of ether oxygens (including phenoxy) is 1. The summed E-state index contributed by atoms with van der Waals surface area (Å²) < 4.78 is 61.2. The summed E-state index contributed by atoms with van der Waals surface area (Å²) in [7, 11) is 0. The van der Waals surface area contributed by atoms with Crippen molar-refractivity contribution in [2.24, 2.45) is 0 Å². The Kier molecular flexibility index (Phi) is 5.77. The molecule has 1 saturated heterocycles. The number of cyclic esters (lactones) is 1. The fourth-order valence-electron chi connectivity index (χ4n) is 2.83. The predicted molar refractivity (Wildman–Crippen MR) is 96.9 cm³/mol. The molecule has 2 aromatic rings. The third kappa shape index (κ3) is 4.27. The Hall–Kier alpha value is -3.43. The number of hydrogen-bond donors (Lipinski definition) is 2. The second-order valence-electron chi connectivity index (χ2n) is 6.67. The topological polar surface area (TPSA) is 84.5 Å². The number of hydrogen-bond acceptors (Lipinski definition) is 4. The molecule has 0 unspecified atom stereocenters. The van der Waals surface area contributed by atoms with Gasteiger partial charge in [-0.3, -0.25) is 9.59 Å². The number of aryl methyl sites for hydroxylation is 1. The predicted octanol–water partition coefficient (Wildman–Crippen LogP) is 3.05. The second kappa shape index (κ2) is 8.13. The zero-order valence-electron chi connectivity index (χ0n) is 15.6. The van der Waals surface area contributed by atoms with Crippen LogP contribution < -0.4 is 10.6 Å². The second-order valence-corrected chi connectivity index (χ2v) is 6.67. The molecule has 30 heavy (non-hydrogen) atoms. The Balaban J connectivity index is 1.82. The number of carbonyl (C=O) groups is 3. The third-order valence-corrected chi connectivity index (χ3v) is 4.51. The lowest BCUT2D eigenvalue weighted by Crippen LogP contribution is -2.46. The summed E-state index contributed by atoms with van der Waals surface area (Å²) >= 11 is 0. The smallest absolute Gasteiger partial charge is 0.352 e. The van der Waals surface area contributed by atoms with E-state index in [4.69, 9.17) is 0 Å². The minimum absolute atomic E-state index is 0.0165. The van der Waals surface area contributed by atoms with E-state index in [1.807, 2.05) is 5.32 Å². The van der Waals surface area contributed by atoms with Crippen molar-refractivity contribution in [2.45, 2.75) is 25.3 Å². The van der Waals surface area contributed by atoms with Gasteiger partial charge in [0.2, 0.25) is 0 Å². The van der Waals surface area contributed by atoms with Gasteiger partial charge < -0.3 is 15.4 Å². The number of esters is 1. The summed E-state index contributed by atoms with van der Waals surface area (Å²) in [6.07, 6.45) is 0.0165. The number of rotatable bonds is 5. The molecule has 1 fully saturated rings. The Morgan fingerprint density at radius 1 is 1.10 bits per heavy atom. The molecule has 0 radical (unpaired) electrons. The van der Waals surface area contributed by atoms with Crippen LogP contribution in [0.1, 0.15) is 27.9 Å². The molecule has 2 aromatic carbocycles.